The van der Waals surface area contributed by atoms with Gasteiger partial charge in [-0.15, -0.1) is 0 Å². The van der Waals surface area contributed by atoms with Gasteiger partial charge in [0.1, 0.15) is 0 Å². The number of hydrogen-bond donors (Lipinski definition) is 3. The molecule has 0 unspecified atom stereocenters. The highest BCUT2D eigenvalue weighted by molar-refractivity contribution is 5.89. The average molecular weight is 345 g/mol. The Labute approximate surface area is 142 Å². The molecule has 0 heterocycles. The van der Waals surface area contributed by atoms with E-state index in [0.717, 1.165) is 6.07 Å². The number of nitro groups is 1. The van der Waals surface area contributed by atoms with E-state index in [0.29, 0.717) is 11.3 Å². The van der Waals surface area contributed by atoms with Crippen molar-refractivity contribution in [3.63, 3.8) is 0 Å². The second kappa shape index (κ2) is 7.77. The zero-order chi connectivity index (χ0) is 18.4. The summed E-state index contributed by atoms with van der Waals surface area (Å²) in [5.74, 6) is -1.64. The predicted molar refractivity (Wildman–Crippen MR) is 90.5 cm³/mol. The van der Waals surface area contributed by atoms with Gasteiger partial charge in [0.2, 0.25) is 5.75 Å². The zero-order valence-electron chi connectivity index (χ0n) is 13.2. The van der Waals surface area contributed by atoms with Crippen molar-refractivity contribution in [2.24, 2.45) is 5.10 Å². The molecule has 9 heteroatoms. The van der Waals surface area contributed by atoms with Crippen molar-refractivity contribution in [2.45, 2.75) is 6.92 Å². The first kappa shape index (κ1) is 17.7. The minimum absolute atomic E-state index is 0.0222. The topological polar surface area (TPSA) is 134 Å². The van der Waals surface area contributed by atoms with E-state index in [1.807, 2.05) is 0 Å². The number of aromatic hydroxyl groups is 1. The number of hydrazone groups is 1. The second-order valence-electron chi connectivity index (χ2n) is 4.83. The van der Waals surface area contributed by atoms with E-state index >= 15 is 0 Å². The van der Waals surface area contributed by atoms with E-state index in [1.54, 1.807) is 19.1 Å². The highest BCUT2D eigenvalue weighted by Crippen LogP contribution is 2.36. The van der Waals surface area contributed by atoms with Crippen LogP contribution in [-0.4, -0.2) is 33.9 Å². The van der Waals surface area contributed by atoms with Crippen LogP contribution in [0.3, 0.4) is 0 Å². The Balaban J connectivity index is 2.24. The Morgan fingerprint density at radius 1 is 1.40 bits per heavy atom. The van der Waals surface area contributed by atoms with Gasteiger partial charge in [-0.2, -0.15) is 5.10 Å². The fourth-order valence-electron chi connectivity index (χ4n) is 2.00. The molecule has 0 aliphatic heterocycles. The van der Waals surface area contributed by atoms with Gasteiger partial charge in [-0.25, -0.2) is 4.79 Å². The molecule has 0 atom stereocenters. The van der Waals surface area contributed by atoms with Crippen LogP contribution in [0, 0.1) is 10.1 Å². The molecule has 0 bridgehead atoms. The summed E-state index contributed by atoms with van der Waals surface area (Å²) in [5.41, 5.74) is 3.00. The predicted octanol–water partition coefficient (Wildman–Crippen LogP) is 2.84. The molecule has 3 N–H and O–H groups in total. The molecule has 0 aromatic heterocycles. The molecule has 0 aliphatic rings. The highest BCUT2D eigenvalue weighted by Gasteiger charge is 2.19. The summed E-state index contributed by atoms with van der Waals surface area (Å²) in [5, 5.41) is 33.7. The van der Waals surface area contributed by atoms with Crippen LogP contribution in [-0.2, 0) is 0 Å². The maximum Gasteiger partial charge on any atom is 0.335 e. The summed E-state index contributed by atoms with van der Waals surface area (Å²) in [4.78, 5) is 21.2. The first-order chi connectivity index (χ1) is 11.9. The van der Waals surface area contributed by atoms with E-state index in [9.17, 15) is 20.0 Å². The number of phenols is 1. The monoisotopic (exact) mass is 345 g/mol. The second-order valence-corrected chi connectivity index (χ2v) is 4.83. The minimum Gasteiger partial charge on any atom is -0.500 e. The zero-order valence-corrected chi connectivity index (χ0v) is 13.2. The molecule has 0 amide bonds. The SMILES string of the molecule is CCOc1cc(/C=N/Nc2cccc(C(=O)O)c2)cc([N+](=O)[O-])c1O. The van der Waals surface area contributed by atoms with E-state index < -0.39 is 22.3 Å². The number of ether oxygens (including phenoxy) is 1. The summed E-state index contributed by atoms with van der Waals surface area (Å²) < 4.78 is 5.17. The van der Waals surface area contributed by atoms with Crippen molar-refractivity contribution >= 4 is 23.6 Å². The third kappa shape index (κ3) is 4.44. The van der Waals surface area contributed by atoms with Crippen molar-refractivity contribution in [3.05, 3.63) is 57.6 Å². The number of benzene rings is 2. The molecule has 2 aromatic rings. The van der Waals surface area contributed by atoms with Gasteiger partial charge in [0.25, 0.3) is 0 Å². The number of phenolic OH excluding ortho intramolecular Hbond substituents is 1. The molecule has 0 saturated carbocycles. The first-order valence-corrected chi connectivity index (χ1v) is 7.19. The van der Waals surface area contributed by atoms with Crippen molar-refractivity contribution in [1.82, 2.24) is 0 Å². The fourth-order valence-corrected chi connectivity index (χ4v) is 2.00. The fraction of sp³-hybridized carbons (Fsp3) is 0.125. The molecule has 0 saturated heterocycles. The number of hydrogen-bond acceptors (Lipinski definition) is 7. The van der Waals surface area contributed by atoms with Gasteiger partial charge in [-0.1, -0.05) is 6.07 Å². The molecular weight excluding hydrogens is 330 g/mol. The normalized spacial score (nSPS) is 10.6. The summed E-state index contributed by atoms with van der Waals surface area (Å²) in [6, 6.07) is 8.56. The Kier molecular flexibility index (Phi) is 5.51. The Morgan fingerprint density at radius 3 is 2.80 bits per heavy atom. The number of nitro benzene ring substituents is 1. The summed E-state index contributed by atoms with van der Waals surface area (Å²) in [7, 11) is 0. The number of nitrogens with one attached hydrogen (secondary N) is 1. The Morgan fingerprint density at radius 2 is 2.16 bits per heavy atom. The van der Waals surface area contributed by atoms with Crippen LogP contribution >= 0.6 is 0 Å². The highest BCUT2D eigenvalue weighted by atomic mass is 16.6. The molecule has 130 valence electrons. The maximum atomic E-state index is 11.0. The van der Waals surface area contributed by atoms with Crippen LogP contribution in [0.15, 0.2) is 41.5 Å². The van der Waals surface area contributed by atoms with Crippen molar-refractivity contribution in [2.75, 3.05) is 12.0 Å². The summed E-state index contributed by atoms with van der Waals surface area (Å²) in [6.07, 6.45) is 1.29. The van der Waals surface area contributed by atoms with E-state index in [1.165, 1.54) is 24.4 Å². The minimum atomic E-state index is -1.07. The Bertz CT molecular complexity index is 835. The molecule has 2 aromatic carbocycles. The van der Waals surface area contributed by atoms with Crippen molar-refractivity contribution in [1.29, 1.82) is 0 Å². The largest absolute Gasteiger partial charge is 0.500 e. The van der Waals surface area contributed by atoms with Gasteiger partial charge < -0.3 is 14.9 Å². The van der Waals surface area contributed by atoms with Crippen LogP contribution in [0.2, 0.25) is 0 Å². The van der Waals surface area contributed by atoms with Gasteiger partial charge in [-0.3, -0.25) is 15.5 Å². The lowest BCUT2D eigenvalue weighted by molar-refractivity contribution is -0.386. The van der Waals surface area contributed by atoms with Crippen LogP contribution in [0.4, 0.5) is 11.4 Å². The van der Waals surface area contributed by atoms with Gasteiger partial charge in [0, 0.05) is 11.6 Å². The van der Waals surface area contributed by atoms with Crippen molar-refractivity contribution < 1.29 is 24.7 Å². The number of aromatic carboxylic acids is 1. The van der Waals surface area contributed by atoms with Crippen LogP contribution in [0.1, 0.15) is 22.8 Å². The molecule has 0 aliphatic carbocycles. The van der Waals surface area contributed by atoms with Crippen molar-refractivity contribution in [3.8, 4) is 11.5 Å². The number of anilines is 1. The molecule has 2 rings (SSSR count). The standard InChI is InChI=1S/C16H15N3O6/c1-2-25-14-7-10(6-13(15(14)20)19(23)24)9-17-18-12-5-3-4-11(8-12)16(21)22/h3-9,18,20H,2H2,1H3,(H,21,22)/b17-9+. The summed E-state index contributed by atoms with van der Waals surface area (Å²) >= 11 is 0. The number of nitrogens with zero attached hydrogens (tertiary/aromatic N) is 2. The maximum absolute atomic E-state index is 11.0. The van der Waals surface area contributed by atoms with Gasteiger partial charge in [0.15, 0.2) is 5.75 Å². The van der Waals surface area contributed by atoms with E-state index in [2.05, 4.69) is 10.5 Å². The van der Waals surface area contributed by atoms with Gasteiger partial charge in [0.05, 0.1) is 29.0 Å². The van der Waals surface area contributed by atoms with Crippen LogP contribution < -0.4 is 10.2 Å². The molecular formula is C16H15N3O6. The van der Waals surface area contributed by atoms with Gasteiger partial charge in [-0.05, 0) is 31.2 Å². The van der Waals surface area contributed by atoms with Crippen LogP contribution in [0.5, 0.6) is 11.5 Å². The first-order valence-electron chi connectivity index (χ1n) is 7.19. The molecule has 0 spiro atoms. The van der Waals surface area contributed by atoms with E-state index in [4.69, 9.17) is 9.84 Å². The third-order valence-corrected chi connectivity index (χ3v) is 3.09. The van der Waals surface area contributed by atoms with Crippen LogP contribution in [0.25, 0.3) is 0 Å². The lowest BCUT2D eigenvalue weighted by Gasteiger charge is -2.07. The molecule has 25 heavy (non-hydrogen) atoms. The number of carboxylic acid groups (broad SMARTS) is 1. The smallest absolute Gasteiger partial charge is 0.335 e. The number of carbonyl (C=O) groups is 1. The lowest BCUT2D eigenvalue weighted by atomic mass is 10.2. The van der Waals surface area contributed by atoms with E-state index in [-0.39, 0.29) is 17.9 Å². The number of rotatable bonds is 7. The quantitative estimate of drug-likeness (QED) is 0.399. The van der Waals surface area contributed by atoms with Gasteiger partial charge >= 0.3 is 11.7 Å². The lowest BCUT2D eigenvalue weighted by Crippen LogP contribution is -1.99. The molecule has 0 fully saturated rings. The number of carboxylic acids is 1. The Hall–Kier alpha value is -3.62. The third-order valence-electron chi connectivity index (χ3n) is 3.09. The summed E-state index contributed by atoms with van der Waals surface area (Å²) in [6.45, 7) is 1.91. The average Bonchev–Trinajstić information content (AvgIpc) is 2.57. The molecule has 0 radical (unpaired) electrons. The molecule has 9 nitrogen and oxygen atoms in total.